The summed E-state index contributed by atoms with van der Waals surface area (Å²) in [5.74, 6) is 2.07. The number of furan rings is 1. The van der Waals surface area contributed by atoms with Gasteiger partial charge >= 0.3 is 0 Å². The number of hydrogen-bond donors (Lipinski definition) is 1. The van der Waals surface area contributed by atoms with E-state index >= 15 is 0 Å². The molecule has 0 unspecified atom stereocenters. The van der Waals surface area contributed by atoms with E-state index < -0.39 is 0 Å². The Kier molecular flexibility index (Phi) is 4.52. The third-order valence-electron chi connectivity index (χ3n) is 3.09. The summed E-state index contributed by atoms with van der Waals surface area (Å²) in [6, 6.07) is 8.82. The molecule has 0 atom stereocenters. The Bertz CT molecular complexity index is 634. The quantitative estimate of drug-likeness (QED) is 0.859. The monoisotopic (exact) mass is 288 g/mol. The molecule has 0 aliphatic heterocycles. The lowest BCUT2D eigenvalue weighted by Crippen LogP contribution is -2.26. The molecule has 0 saturated heterocycles. The molecule has 0 bridgehead atoms. The first-order valence-corrected chi connectivity index (χ1v) is 6.84. The van der Waals surface area contributed by atoms with E-state index in [1.807, 2.05) is 26.0 Å². The fourth-order valence-electron chi connectivity index (χ4n) is 2.06. The van der Waals surface area contributed by atoms with Crippen LogP contribution >= 0.6 is 0 Å². The summed E-state index contributed by atoms with van der Waals surface area (Å²) in [5, 5.41) is 0. The minimum absolute atomic E-state index is 0.112. The summed E-state index contributed by atoms with van der Waals surface area (Å²) >= 11 is 0. The van der Waals surface area contributed by atoms with Crippen molar-refractivity contribution in [2.75, 3.05) is 19.4 Å². The van der Waals surface area contributed by atoms with Crippen LogP contribution < -0.4 is 10.5 Å². The van der Waals surface area contributed by atoms with Crippen molar-refractivity contribution in [1.82, 2.24) is 4.90 Å². The van der Waals surface area contributed by atoms with Gasteiger partial charge in [-0.3, -0.25) is 4.79 Å². The highest BCUT2D eigenvalue weighted by Crippen LogP contribution is 2.23. The largest absolute Gasteiger partial charge is 0.492 e. The molecule has 21 heavy (non-hydrogen) atoms. The normalized spacial score (nSPS) is 10.4. The standard InChI is InChI=1S/C16H20N2O3/c1-4-20-15-8-6-12(9-14(15)17)16(19)18(3)10-13-7-5-11(2)21-13/h5-9H,4,10,17H2,1-3H3. The third-order valence-corrected chi connectivity index (χ3v) is 3.09. The van der Waals surface area contributed by atoms with E-state index in [0.717, 1.165) is 11.5 Å². The first-order chi connectivity index (χ1) is 10.0. The van der Waals surface area contributed by atoms with Gasteiger partial charge in [-0.15, -0.1) is 0 Å². The zero-order valence-corrected chi connectivity index (χ0v) is 12.6. The topological polar surface area (TPSA) is 68.7 Å². The highest BCUT2D eigenvalue weighted by atomic mass is 16.5. The van der Waals surface area contributed by atoms with Crippen LogP contribution in [0.3, 0.4) is 0 Å². The SMILES string of the molecule is CCOc1ccc(C(=O)N(C)Cc2ccc(C)o2)cc1N. The van der Waals surface area contributed by atoms with E-state index in [9.17, 15) is 4.79 Å². The molecule has 0 saturated carbocycles. The van der Waals surface area contributed by atoms with Crippen LogP contribution in [0.25, 0.3) is 0 Å². The Morgan fingerprint density at radius 2 is 2.10 bits per heavy atom. The Morgan fingerprint density at radius 1 is 1.33 bits per heavy atom. The first-order valence-electron chi connectivity index (χ1n) is 6.84. The summed E-state index contributed by atoms with van der Waals surface area (Å²) in [7, 11) is 1.73. The number of hydrogen-bond acceptors (Lipinski definition) is 4. The zero-order valence-electron chi connectivity index (χ0n) is 12.6. The smallest absolute Gasteiger partial charge is 0.254 e. The maximum absolute atomic E-state index is 12.4. The van der Waals surface area contributed by atoms with Gasteiger partial charge in [-0.1, -0.05) is 0 Å². The molecule has 0 spiro atoms. The summed E-state index contributed by atoms with van der Waals surface area (Å²) in [4.78, 5) is 14.0. The van der Waals surface area contributed by atoms with Crippen LogP contribution in [0, 0.1) is 6.92 Å². The van der Waals surface area contributed by atoms with Crippen molar-refractivity contribution in [1.29, 1.82) is 0 Å². The molecule has 1 aromatic heterocycles. The summed E-state index contributed by atoms with van der Waals surface area (Å²) < 4.78 is 10.8. The number of rotatable bonds is 5. The predicted octanol–water partition coefficient (Wildman–Crippen LogP) is 2.84. The molecule has 5 nitrogen and oxygen atoms in total. The van der Waals surface area contributed by atoms with E-state index in [2.05, 4.69) is 0 Å². The lowest BCUT2D eigenvalue weighted by molar-refractivity contribution is 0.0775. The lowest BCUT2D eigenvalue weighted by Gasteiger charge is -2.16. The molecule has 112 valence electrons. The van der Waals surface area contributed by atoms with Crippen molar-refractivity contribution in [2.24, 2.45) is 0 Å². The van der Waals surface area contributed by atoms with Crippen LogP contribution in [-0.4, -0.2) is 24.5 Å². The van der Waals surface area contributed by atoms with Gasteiger partial charge in [0.25, 0.3) is 5.91 Å². The number of nitrogens with zero attached hydrogens (tertiary/aromatic N) is 1. The fourth-order valence-corrected chi connectivity index (χ4v) is 2.06. The number of carbonyl (C=O) groups is 1. The van der Waals surface area contributed by atoms with Gasteiger partial charge < -0.3 is 19.8 Å². The van der Waals surface area contributed by atoms with Gasteiger partial charge in [-0.05, 0) is 44.2 Å². The van der Waals surface area contributed by atoms with Gasteiger partial charge in [0.2, 0.25) is 0 Å². The molecule has 0 fully saturated rings. The van der Waals surface area contributed by atoms with Crippen molar-refractivity contribution in [3.8, 4) is 5.75 Å². The van der Waals surface area contributed by atoms with E-state index in [1.54, 1.807) is 30.1 Å². The molecule has 5 heteroatoms. The van der Waals surface area contributed by atoms with Crippen molar-refractivity contribution in [2.45, 2.75) is 20.4 Å². The number of aryl methyl sites for hydroxylation is 1. The Balaban J connectivity index is 2.10. The van der Waals surface area contributed by atoms with Gasteiger partial charge in [-0.25, -0.2) is 0 Å². The van der Waals surface area contributed by atoms with Gasteiger partial charge in [0.15, 0.2) is 0 Å². The van der Waals surface area contributed by atoms with Gasteiger partial charge in [0.1, 0.15) is 17.3 Å². The number of benzene rings is 1. The number of nitrogen functional groups attached to an aromatic ring is 1. The molecule has 0 radical (unpaired) electrons. The first kappa shape index (κ1) is 15.0. The van der Waals surface area contributed by atoms with Crippen LogP contribution in [0.4, 0.5) is 5.69 Å². The predicted molar refractivity (Wildman–Crippen MR) is 81.3 cm³/mol. The van der Waals surface area contributed by atoms with Gasteiger partial charge in [0.05, 0.1) is 18.8 Å². The van der Waals surface area contributed by atoms with E-state index in [-0.39, 0.29) is 5.91 Å². The molecule has 1 amide bonds. The van der Waals surface area contributed by atoms with Crippen molar-refractivity contribution in [3.63, 3.8) is 0 Å². The van der Waals surface area contributed by atoms with Crippen LogP contribution in [0.2, 0.25) is 0 Å². The Labute approximate surface area is 124 Å². The number of nitrogens with two attached hydrogens (primary N) is 1. The second-order valence-corrected chi connectivity index (χ2v) is 4.86. The van der Waals surface area contributed by atoms with E-state index in [0.29, 0.717) is 30.2 Å². The van der Waals surface area contributed by atoms with Gasteiger partial charge in [0, 0.05) is 12.6 Å². The Morgan fingerprint density at radius 3 is 2.67 bits per heavy atom. The molecule has 2 N–H and O–H groups in total. The number of ether oxygens (including phenoxy) is 1. The average molecular weight is 288 g/mol. The number of amides is 1. The van der Waals surface area contributed by atoms with E-state index in [1.165, 1.54) is 0 Å². The van der Waals surface area contributed by atoms with Crippen molar-refractivity contribution < 1.29 is 13.9 Å². The molecule has 0 aliphatic rings. The zero-order chi connectivity index (χ0) is 15.4. The van der Waals surface area contributed by atoms with Crippen LogP contribution in [0.5, 0.6) is 5.75 Å². The molecule has 2 rings (SSSR count). The third kappa shape index (κ3) is 3.56. The molecule has 2 aromatic rings. The van der Waals surface area contributed by atoms with Crippen LogP contribution in [0.1, 0.15) is 28.8 Å². The molecule has 1 aromatic carbocycles. The van der Waals surface area contributed by atoms with Crippen LogP contribution in [0.15, 0.2) is 34.7 Å². The lowest BCUT2D eigenvalue weighted by atomic mass is 10.1. The number of carbonyl (C=O) groups excluding carboxylic acids is 1. The van der Waals surface area contributed by atoms with Gasteiger partial charge in [-0.2, -0.15) is 0 Å². The summed E-state index contributed by atoms with van der Waals surface area (Å²) in [6.07, 6.45) is 0. The van der Waals surface area contributed by atoms with Crippen molar-refractivity contribution in [3.05, 3.63) is 47.4 Å². The molecule has 0 aliphatic carbocycles. The number of anilines is 1. The highest BCUT2D eigenvalue weighted by Gasteiger charge is 2.15. The minimum atomic E-state index is -0.112. The summed E-state index contributed by atoms with van der Waals surface area (Å²) in [5.41, 5.74) is 6.88. The Hall–Kier alpha value is -2.43. The maximum atomic E-state index is 12.4. The van der Waals surface area contributed by atoms with E-state index in [4.69, 9.17) is 14.9 Å². The fraction of sp³-hybridized carbons (Fsp3) is 0.312. The second-order valence-electron chi connectivity index (χ2n) is 4.86. The highest BCUT2D eigenvalue weighted by molar-refractivity contribution is 5.95. The van der Waals surface area contributed by atoms with Crippen LogP contribution in [-0.2, 0) is 6.54 Å². The minimum Gasteiger partial charge on any atom is -0.492 e. The molecular weight excluding hydrogens is 268 g/mol. The summed E-state index contributed by atoms with van der Waals surface area (Å²) in [6.45, 7) is 4.71. The molecular formula is C16H20N2O3. The average Bonchev–Trinajstić information content (AvgIpc) is 2.85. The molecule has 1 heterocycles. The van der Waals surface area contributed by atoms with Crippen molar-refractivity contribution >= 4 is 11.6 Å². The maximum Gasteiger partial charge on any atom is 0.254 e. The second kappa shape index (κ2) is 6.35.